The molecule has 1 atom stereocenters. The molecule has 1 aromatic heterocycles. The molecule has 1 aliphatic heterocycles. The first-order valence-corrected chi connectivity index (χ1v) is 11.2. The monoisotopic (exact) mass is 422 g/mol. The van der Waals surface area contributed by atoms with Crippen LogP contribution in [0.5, 0.6) is 5.75 Å². The van der Waals surface area contributed by atoms with Gasteiger partial charge in [-0.3, -0.25) is 9.59 Å². The van der Waals surface area contributed by atoms with E-state index in [9.17, 15) is 9.59 Å². The fourth-order valence-corrected chi connectivity index (χ4v) is 4.68. The molecular formula is C24H30N4O3. The molecule has 1 aliphatic carbocycles. The number of hydrogen-bond acceptors (Lipinski definition) is 5. The molecule has 7 heteroatoms. The first-order valence-electron chi connectivity index (χ1n) is 11.2. The highest BCUT2D eigenvalue weighted by molar-refractivity contribution is 6.05. The highest BCUT2D eigenvalue weighted by Crippen LogP contribution is 2.34. The van der Waals surface area contributed by atoms with E-state index < -0.39 is 0 Å². The lowest BCUT2D eigenvalue weighted by molar-refractivity contribution is -0.139. The molecule has 1 saturated heterocycles. The minimum atomic E-state index is -0.281. The van der Waals surface area contributed by atoms with Crippen LogP contribution in [0.2, 0.25) is 0 Å². The van der Waals surface area contributed by atoms with Gasteiger partial charge in [0.25, 0.3) is 5.91 Å². The second-order valence-electron chi connectivity index (χ2n) is 8.41. The van der Waals surface area contributed by atoms with Gasteiger partial charge in [-0.1, -0.05) is 25.0 Å². The Morgan fingerprint density at radius 1 is 1.10 bits per heavy atom. The quantitative estimate of drug-likeness (QED) is 0.777. The van der Waals surface area contributed by atoms with Gasteiger partial charge in [0.2, 0.25) is 5.91 Å². The molecule has 0 radical (unpaired) electrons. The minimum Gasteiger partial charge on any atom is -0.495 e. The topological polar surface area (TPSA) is 84.4 Å². The van der Waals surface area contributed by atoms with E-state index in [-0.39, 0.29) is 23.8 Å². The number of aromatic nitrogens is 2. The summed E-state index contributed by atoms with van der Waals surface area (Å²) < 4.78 is 5.30. The summed E-state index contributed by atoms with van der Waals surface area (Å²) >= 11 is 0. The van der Waals surface area contributed by atoms with E-state index in [1.54, 1.807) is 25.4 Å². The van der Waals surface area contributed by atoms with Crippen LogP contribution >= 0.6 is 0 Å². The second-order valence-corrected chi connectivity index (χ2v) is 8.41. The molecule has 4 rings (SSSR count). The zero-order chi connectivity index (χ0) is 21.8. The van der Waals surface area contributed by atoms with Crippen LogP contribution in [0.15, 0.2) is 30.5 Å². The van der Waals surface area contributed by atoms with Gasteiger partial charge in [0.05, 0.1) is 30.1 Å². The first-order chi connectivity index (χ1) is 15.1. The van der Waals surface area contributed by atoms with Gasteiger partial charge in [0, 0.05) is 18.7 Å². The number of amides is 2. The number of nitrogens with zero attached hydrogens (tertiary/aromatic N) is 3. The van der Waals surface area contributed by atoms with Crippen molar-refractivity contribution in [3.63, 3.8) is 0 Å². The third kappa shape index (κ3) is 4.55. The van der Waals surface area contributed by atoms with Crippen molar-refractivity contribution in [3.8, 4) is 5.75 Å². The van der Waals surface area contributed by atoms with E-state index in [1.165, 1.54) is 0 Å². The average Bonchev–Trinajstić information content (AvgIpc) is 3.34. The maximum Gasteiger partial charge on any atom is 0.259 e. The smallest absolute Gasteiger partial charge is 0.259 e. The largest absolute Gasteiger partial charge is 0.495 e. The number of rotatable bonds is 5. The molecule has 2 aromatic rings. The summed E-state index contributed by atoms with van der Waals surface area (Å²) in [5, 5.41) is 2.87. The number of para-hydroxylation sites is 2. The van der Waals surface area contributed by atoms with Crippen molar-refractivity contribution in [1.29, 1.82) is 0 Å². The average molecular weight is 423 g/mol. The number of carbonyl (C=O) groups is 2. The number of carbonyl (C=O) groups excluding carboxylic acids is 2. The zero-order valence-electron chi connectivity index (χ0n) is 18.3. The second kappa shape index (κ2) is 9.45. The lowest BCUT2D eigenvalue weighted by atomic mass is 9.97. The lowest BCUT2D eigenvalue weighted by Gasteiger charge is -2.36. The first kappa shape index (κ1) is 21.3. The molecule has 164 valence electrons. The number of ether oxygens (including phenoxy) is 1. The Hall–Kier alpha value is -2.96. The Morgan fingerprint density at radius 3 is 2.58 bits per heavy atom. The maximum absolute atomic E-state index is 13.1. The van der Waals surface area contributed by atoms with Crippen molar-refractivity contribution in [2.45, 2.75) is 57.9 Å². The summed E-state index contributed by atoms with van der Waals surface area (Å²) in [4.78, 5) is 37.1. The van der Waals surface area contributed by atoms with E-state index in [0.29, 0.717) is 28.5 Å². The molecule has 0 bridgehead atoms. The summed E-state index contributed by atoms with van der Waals surface area (Å²) in [5.41, 5.74) is 1.62. The molecule has 2 heterocycles. The number of hydrogen-bond donors (Lipinski definition) is 1. The number of likely N-dealkylation sites (tertiary alicyclic amines) is 1. The summed E-state index contributed by atoms with van der Waals surface area (Å²) in [6, 6.07) is 7.16. The van der Waals surface area contributed by atoms with Crippen molar-refractivity contribution >= 4 is 17.5 Å². The van der Waals surface area contributed by atoms with Crippen molar-refractivity contribution in [2.75, 3.05) is 19.0 Å². The molecule has 31 heavy (non-hydrogen) atoms. The van der Waals surface area contributed by atoms with Gasteiger partial charge in [-0.2, -0.15) is 0 Å². The maximum atomic E-state index is 13.1. The standard InChI is InChI=1S/C24H30N4O3/c1-16-18(23(29)27-19-11-5-6-13-21(19)31-2)15-25-22(26-16)20-12-7-8-14-28(20)24(30)17-9-3-4-10-17/h5-6,11,13,15,17,20H,3-4,7-10,12,14H2,1-2H3,(H,27,29)/t20-/m0/s1. The molecule has 1 saturated carbocycles. The van der Waals surface area contributed by atoms with Gasteiger partial charge in [0.1, 0.15) is 5.75 Å². The Kier molecular flexibility index (Phi) is 6.49. The van der Waals surface area contributed by atoms with Gasteiger partial charge in [-0.15, -0.1) is 0 Å². The third-order valence-corrected chi connectivity index (χ3v) is 6.39. The predicted octanol–water partition coefficient (Wildman–Crippen LogP) is 4.29. The fourth-order valence-electron chi connectivity index (χ4n) is 4.68. The number of piperidine rings is 1. The van der Waals surface area contributed by atoms with E-state index >= 15 is 0 Å². The van der Waals surface area contributed by atoms with Crippen LogP contribution in [0.4, 0.5) is 5.69 Å². The van der Waals surface area contributed by atoms with E-state index in [2.05, 4.69) is 15.3 Å². The highest BCUT2D eigenvalue weighted by Gasteiger charge is 2.35. The zero-order valence-corrected chi connectivity index (χ0v) is 18.3. The van der Waals surface area contributed by atoms with Gasteiger partial charge in [0.15, 0.2) is 5.82 Å². The summed E-state index contributed by atoms with van der Waals surface area (Å²) in [6.07, 6.45) is 8.78. The van der Waals surface area contributed by atoms with Gasteiger partial charge in [-0.25, -0.2) is 9.97 Å². The molecule has 2 amide bonds. The molecule has 2 fully saturated rings. The predicted molar refractivity (Wildman–Crippen MR) is 118 cm³/mol. The van der Waals surface area contributed by atoms with Crippen molar-refractivity contribution in [2.24, 2.45) is 5.92 Å². The Morgan fingerprint density at radius 2 is 1.84 bits per heavy atom. The summed E-state index contributed by atoms with van der Waals surface area (Å²) in [5.74, 6) is 1.34. The molecule has 1 N–H and O–H groups in total. The van der Waals surface area contributed by atoms with Crippen LogP contribution < -0.4 is 10.1 Å². The van der Waals surface area contributed by atoms with Crippen LogP contribution in [-0.2, 0) is 4.79 Å². The van der Waals surface area contributed by atoms with Crippen molar-refractivity contribution in [1.82, 2.24) is 14.9 Å². The number of anilines is 1. The Balaban J connectivity index is 1.53. The van der Waals surface area contributed by atoms with Crippen LogP contribution in [0.3, 0.4) is 0 Å². The van der Waals surface area contributed by atoms with Crippen molar-refractivity contribution in [3.05, 3.63) is 47.5 Å². The highest BCUT2D eigenvalue weighted by atomic mass is 16.5. The van der Waals surface area contributed by atoms with Gasteiger partial charge >= 0.3 is 0 Å². The minimum absolute atomic E-state index is 0.105. The fraction of sp³-hybridized carbons (Fsp3) is 0.500. The lowest BCUT2D eigenvalue weighted by Crippen LogP contribution is -2.42. The van der Waals surface area contributed by atoms with Crippen LogP contribution in [0, 0.1) is 12.8 Å². The number of nitrogens with one attached hydrogen (secondary N) is 1. The van der Waals surface area contributed by atoms with Crippen LogP contribution in [0.25, 0.3) is 0 Å². The van der Waals surface area contributed by atoms with E-state index in [0.717, 1.165) is 51.5 Å². The molecular weight excluding hydrogens is 392 g/mol. The van der Waals surface area contributed by atoms with E-state index in [4.69, 9.17) is 4.74 Å². The normalized spacial score (nSPS) is 19.3. The molecule has 2 aliphatic rings. The van der Waals surface area contributed by atoms with Crippen LogP contribution in [-0.4, -0.2) is 40.3 Å². The molecule has 1 aromatic carbocycles. The summed E-state index contributed by atoms with van der Waals surface area (Å²) in [6.45, 7) is 2.58. The Labute approximate surface area is 183 Å². The molecule has 0 unspecified atom stereocenters. The third-order valence-electron chi connectivity index (χ3n) is 6.39. The SMILES string of the molecule is COc1ccccc1NC(=O)c1cnc([C@@H]2CCCCN2C(=O)C2CCCC2)nc1C. The van der Waals surface area contributed by atoms with Gasteiger partial charge in [-0.05, 0) is 51.2 Å². The Bertz CT molecular complexity index is 956. The number of methoxy groups -OCH3 is 1. The number of aryl methyl sites for hydroxylation is 1. The van der Waals surface area contributed by atoms with Gasteiger partial charge < -0.3 is 15.0 Å². The summed E-state index contributed by atoms with van der Waals surface area (Å²) in [7, 11) is 1.57. The molecule has 7 nitrogen and oxygen atoms in total. The number of benzene rings is 1. The van der Waals surface area contributed by atoms with Crippen LogP contribution in [0.1, 0.15) is 72.9 Å². The van der Waals surface area contributed by atoms with E-state index in [1.807, 2.05) is 24.0 Å². The van der Waals surface area contributed by atoms with Crippen molar-refractivity contribution < 1.29 is 14.3 Å². The molecule has 0 spiro atoms.